The van der Waals surface area contributed by atoms with Gasteiger partial charge in [-0.1, -0.05) is 6.42 Å². The number of pyridine rings is 1. The van der Waals surface area contributed by atoms with Crippen molar-refractivity contribution >= 4 is 11.7 Å². The van der Waals surface area contributed by atoms with Gasteiger partial charge in [-0.15, -0.1) is 0 Å². The molecule has 0 aromatic carbocycles. The first-order valence-electron chi connectivity index (χ1n) is 5.89. The molecule has 0 unspecified atom stereocenters. The minimum atomic E-state index is 0.0239. The first-order valence-corrected chi connectivity index (χ1v) is 5.89. The maximum Gasteiger partial charge on any atom is 0.253 e. The molecule has 1 fully saturated rings. The molecule has 1 aromatic rings. The molecule has 0 atom stereocenters. The molecule has 1 heterocycles. The highest BCUT2D eigenvalue weighted by atomic mass is 16.2. The topological polar surface area (TPSA) is 71.2 Å². The summed E-state index contributed by atoms with van der Waals surface area (Å²) in [5.74, 6) is 6.48. The average molecular weight is 234 g/mol. The van der Waals surface area contributed by atoms with Crippen molar-refractivity contribution in [1.29, 1.82) is 0 Å². The van der Waals surface area contributed by atoms with Crippen LogP contribution in [0.2, 0.25) is 0 Å². The lowest BCUT2D eigenvalue weighted by atomic mass is 9.85. The molecule has 3 N–H and O–H groups in total. The number of nitrogens with one attached hydrogen (secondary N) is 1. The summed E-state index contributed by atoms with van der Waals surface area (Å²) in [6, 6.07) is 3.38. The van der Waals surface area contributed by atoms with Crippen molar-refractivity contribution in [2.75, 3.05) is 19.0 Å². The number of anilines is 1. The second-order valence-corrected chi connectivity index (χ2v) is 4.56. The van der Waals surface area contributed by atoms with Crippen LogP contribution in [0.15, 0.2) is 18.3 Å². The van der Waals surface area contributed by atoms with Gasteiger partial charge in [0.25, 0.3) is 5.91 Å². The van der Waals surface area contributed by atoms with E-state index < -0.39 is 0 Å². The molecule has 5 nitrogen and oxygen atoms in total. The fourth-order valence-electron chi connectivity index (χ4n) is 2.01. The Hall–Kier alpha value is -1.62. The highest BCUT2D eigenvalue weighted by Gasteiger charge is 2.22. The van der Waals surface area contributed by atoms with Crippen LogP contribution >= 0.6 is 0 Å². The molecule has 1 aliphatic carbocycles. The quantitative estimate of drug-likeness (QED) is 0.607. The van der Waals surface area contributed by atoms with Crippen molar-refractivity contribution in [2.45, 2.75) is 19.3 Å². The van der Waals surface area contributed by atoms with E-state index in [1.165, 1.54) is 19.3 Å². The predicted molar refractivity (Wildman–Crippen MR) is 66.3 cm³/mol. The molecule has 92 valence electrons. The number of rotatable bonds is 4. The van der Waals surface area contributed by atoms with Gasteiger partial charge < -0.3 is 10.3 Å². The molecule has 5 heteroatoms. The Labute approximate surface area is 101 Å². The Morgan fingerprint density at radius 3 is 3.00 bits per heavy atom. The van der Waals surface area contributed by atoms with Crippen LogP contribution in [0.1, 0.15) is 29.6 Å². The summed E-state index contributed by atoms with van der Waals surface area (Å²) in [6.45, 7) is 0.840. The summed E-state index contributed by atoms with van der Waals surface area (Å²) in [6.07, 6.45) is 5.36. The molecule has 17 heavy (non-hydrogen) atoms. The Balaban J connectivity index is 2.01. The molecular weight excluding hydrogens is 216 g/mol. The molecule has 1 aromatic heterocycles. The smallest absolute Gasteiger partial charge is 0.253 e. The zero-order valence-corrected chi connectivity index (χ0v) is 10.0. The number of carbonyl (C=O) groups is 1. The monoisotopic (exact) mass is 234 g/mol. The third kappa shape index (κ3) is 2.74. The second kappa shape index (κ2) is 5.14. The van der Waals surface area contributed by atoms with Gasteiger partial charge in [-0.25, -0.2) is 10.8 Å². The van der Waals surface area contributed by atoms with Gasteiger partial charge in [-0.3, -0.25) is 4.79 Å². The van der Waals surface area contributed by atoms with E-state index in [0.29, 0.717) is 17.3 Å². The standard InChI is InChI=1S/C12H18N4O/c1-16(8-9-3-2-4-9)12(17)10-5-6-14-11(7-10)15-13/h5-7,9H,2-4,8,13H2,1H3,(H,14,15). The lowest BCUT2D eigenvalue weighted by Gasteiger charge is -2.30. The van der Waals surface area contributed by atoms with Crippen molar-refractivity contribution in [3.63, 3.8) is 0 Å². The lowest BCUT2D eigenvalue weighted by Crippen LogP contribution is -2.34. The number of hydrazine groups is 1. The number of amides is 1. The maximum absolute atomic E-state index is 12.1. The average Bonchev–Trinajstić information content (AvgIpc) is 2.32. The maximum atomic E-state index is 12.1. The van der Waals surface area contributed by atoms with E-state index >= 15 is 0 Å². The van der Waals surface area contributed by atoms with Crippen molar-refractivity contribution in [3.8, 4) is 0 Å². The minimum Gasteiger partial charge on any atom is -0.341 e. The Morgan fingerprint density at radius 2 is 2.41 bits per heavy atom. The zero-order valence-electron chi connectivity index (χ0n) is 10.0. The van der Waals surface area contributed by atoms with Crippen LogP contribution in [0.4, 0.5) is 5.82 Å². The van der Waals surface area contributed by atoms with Crippen LogP contribution in [0.5, 0.6) is 0 Å². The molecule has 1 amide bonds. The lowest BCUT2D eigenvalue weighted by molar-refractivity contribution is 0.0745. The molecule has 2 rings (SSSR count). The largest absolute Gasteiger partial charge is 0.341 e. The summed E-state index contributed by atoms with van der Waals surface area (Å²) in [7, 11) is 1.84. The number of hydrogen-bond acceptors (Lipinski definition) is 4. The van der Waals surface area contributed by atoms with E-state index in [0.717, 1.165) is 6.54 Å². The molecular formula is C12H18N4O. The second-order valence-electron chi connectivity index (χ2n) is 4.56. The van der Waals surface area contributed by atoms with E-state index in [-0.39, 0.29) is 5.91 Å². The summed E-state index contributed by atoms with van der Waals surface area (Å²) in [4.78, 5) is 17.9. The minimum absolute atomic E-state index is 0.0239. The van der Waals surface area contributed by atoms with Gasteiger partial charge in [-0.05, 0) is 30.9 Å². The molecule has 0 bridgehead atoms. The SMILES string of the molecule is CN(CC1CCC1)C(=O)c1ccnc(NN)c1. The van der Waals surface area contributed by atoms with Crippen molar-refractivity contribution in [3.05, 3.63) is 23.9 Å². The van der Waals surface area contributed by atoms with Gasteiger partial charge in [0, 0.05) is 25.4 Å². The summed E-state index contributed by atoms with van der Waals surface area (Å²) in [5, 5.41) is 0. The van der Waals surface area contributed by atoms with Gasteiger partial charge in [0.2, 0.25) is 0 Å². The predicted octanol–water partition coefficient (Wildman–Crippen LogP) is 1.24. The molecule has 0 spiro atoms. The van der Waals surface area contributed by atoms with Gasteiger partial charge in [0.15, 0.2) is 0 Å². The number of nitrogen functional groups attached to an aromatic ring is 1. The van der Waals surface area contributed by atoms with Crippen LogP contribution in [0, 0.1) is 5.92 Å². The van der Waals surface area contributed by atoms with Gasteiger partial charge in [0.05, 0.1) is 0 Å². The first-order chi connectivity index (χ1) is 8.20. The van der Waals surface area contributed by atoms with E-state index in [4.69, 9.17) is 5.84 Å². The zero-order chi connectivity index (χ0) is 12.3. The summed E-state index contributed by atoms with van der Waals surface area (Å²) in [5.41, 5.74) is 3.06. The fraction of sp³-hybridized carbons (Fsp3) is 0.500. The number of nitrogens with two attached hydrogens (primary N) is 1. The Kier molecular flexibility index (Phi) is 3.58. The van der Waals surface area contributed by atoms with Crippen LogP contribution in [0.3, 0.4) is 0 Å². The summed E-state index contributed by atoms with van der Waals surface area (Å²) < 4.78 is 0. The van der Waals surface area contributed by atoms with Crippen LogP contribution in [0.25, 0.3) is 0 Å². The number of carbonyl (C=O) groups excluding carboxylic acids is 1. The Morgan fingerprint density at radius 1 is 1.65 bits per heavy atom. The van der Waals surface area contributed by atoms with Crippen molar-refractivity contribution in [2.24, 2.45) is 11.8 Å². The van der Waals surface area contributed by atoms with Gasteiger partial charge in [-0.2, -0.15) is 0 Å². The normalized spacial score (nSPS) is 15.2. The third-order valence-electron chi connectivity index (χ3n) is 3.26. The van der Waals surface area contributed by atoms with Gasteiger partial charge in [0.1, 0.15) is 5.82 Å². The molecule has 0 radical (unpaired) electrons. The van der Waals surface area contributed by atoms with Crippen LogP contribution in [-0.2, 0) is 0 Å². The van der Waals surface area contributed by atoms with Gasteiger partial charge >= 0.3 is 0 Å². The van der Waals surface area contributed by atoms with E-state index in [1.807, 2.05) is 7.05 Å². The molecule has 1 saturated carbocycles. The van der Waals surface area contributed by atoms with Crippen LogP contribution in [-0.4, -0.2) is 29.4 Å². The number of hydrogen-bond donors (Lipinski definition) is 2. The van der Waals surface area contributed by atoms with Crippen molar-refractivity contribution in [1.82, 2.24) is 9.88 Å². The highest BCUT2D eigenvalue weighted by Crippen LogP contribution is 2.27. The fourth-order valence-corrected chi connectivity index (χ4v) is 2.01. The van der Waals surface area contributed by atoms with E-state index in [2.05, 4.69) is 10.4 Å². The number of aromatic nitrogens is 1. The third-order valence-corrected chi connectivity index (χ3v) is 3.26. The Bertz CT molecular complexity index is 403. The molecule has 1 aliphatic rings. The first kappa shape index (κ1) is 11.9. The van der Waals surface area contributed by atoms with E-state index in [1.54, 1.807) is 23.2 Å². The van der Waals surface area contributed by atoms with Crippen LogP contribution < -0.4 is 11.3 Å². The van der Waals surface area contributed by atoms with Crippen molar-refractivity contribution < 1.29 is 4.79 Å². The van der Waals surface area contributed by atoms with E-state index in [9.17, 15) is 4.79 Å². The summed E-state index contributed by atoms with van der Waals surface area (Å²) >= 11 is 0. The molecule has 0 saturated heterocycles. The highest BCUT2D eigenvalue weighted by molar-refractivity contribution is 5.94. The molecule has 0 aliphatic heterocycles. The number of nitrogens with zero attached hydrogens (tertiary/aromatic N) is 2.